The molecule has 0 amide bonds. The summed E-state index contributed by atoms with van der Waals surface area (Å²) < 4.78 is 11.8. The van der Waals surface area contributed by atoms with Crippen LogP contribution in [0.5, 0.6) is 5.75 Å². The number of likely N-dealkylation sites (tertiary alicyclic amines) is 1. The van der Waals surface area contributed by atoms with E-state index >= 15 is 0 Å². The molecule has 6 nitrogen and oxygen atoms in total. The van der Waals surface area contributed by atoms with Gasteiger partial charge in [0.1, 0.15) is 18.1 Å². The fraction of sp³-hybridized carbons (Fsp3) is 0.333. The third-order valence-electron chi connectivity index (χ3n) is 5.93. The van der Waals surface area contributed by atoms with Crippen LogP contribution in [0, 0.1) is 5.92 Å². The molecule has 1 saturated heterocycles. The van der Waals surface area contributed by atoms with E-state index < -0.39 is 5.97 Å². The van der Waals surface area contributed by atoms with Crippen LogP contribution in [0.2, 0.25) is 0 Å². The Balaban J connectivity index is 1.36. The minimum absolute atomic E-state index is 0.244. The predicted octanol–water partition coefficient (Wildman–Crippen LogP) is 4.37. The number of carbonyl (C=O) groups is 1. The molecule has 0 atom stereocenters. The highest BCUT2D eigenvalue weighted by atomic mass is 16.5. The van der Waals surface area contributed by atoms with E-state index in [1.165, 1.54) is 5.56 Å². The highest BCUT2D eigenvalue weighted by molar-refractivity contribution is 5.78. The first-order chi connectivity index (χ1) is 14.6. The Morgan fingerprint density at radius 2 is 1.93 bits per heavy atom. The summed E-state index contributed by atoms with van der Waals surface area (Å²) in [5, 5.41) is 13.4. The topological polar surface area (TPSA) is 75.8 Å². The van der Waals surface area contributed by atoms with E-state index in [4.69, 9.17) is 14.4 Å². The molecule has 0 radical (unpaired) electrons. The largest absolute Gasteiger partial charge is 0.488 e. The Hall–Kier alpha value is -3.12. The first kappa shape index (κ1) is 18.9. The zero-order valence-corrected chi connectivity index (χ0v) is 16.9. The molecule has 0 saturated carbocycles. The van der Waals surface area contributed by atoms with Gasteiger partial charge in [0.25, 0.3) is 0 Å². The van der Waals surface area contributed by atoms with Gasteiger partial charge in [-0.15, -0.1) is 0 Å². The minimum atomic E-state index is -0.714. The van der Waals surface area contributed by atoms with Crippen LogP contribution in [-0.4, -0.2) is 34.2 Å². The standard InChI is InChI=1S/C24H24N2O4/c1-2-3-15-4-7-17(8-5-15)23-20-14-29-21-10-16(6-9-19(21)22(20)25-30-23)11-26-12-18(13-26)24(27)28/h4-10,18H,2-3,11-14H2,1H3,(H,27,28). The number of aryl methyl sites for hydroxylation is 1. The van der Waals surface area contributed by atoms with Crippen LogP contribution in [-0.2, 0) is 24.4 Å². The summed E-state index contributed by atoms with van der Waals surface area (Å²) in [4.78, 5) is 13.1. The van der Waals surface area contributed by atoms with Crippen LogP contribution in [0.4, 0.5) is 0 Å². The summed E-state index contributed by atoms with van der Waals surface area (Å²) in [5.41, 5.74) is 6.19. The van der Waals surface area contributed by atoms with E-state index in [2.05, 4.69) is 47.3 Å². The first-order valence-corrected chi connectivity index (χ1v) is 10.4. The minimum Gasteiger partial charge on any atom is -0.488 e. The molecule has 3 aromatic rings. The molecule has 5 rings (SSSR count). The van der Waals surface area contributed by atoms with Gasteiger partial charge in [0.15, 0.2) is 5.76 Å². The molecule has 2 aliphatic rings. The molecule has 1 aromatic heterocycles. The van der Waals surface area contributed by atoms with Crippen molar-refractivity contribution in [2.75, 3.05) is 13.1 Å². The van der Waals surface area contributed by atoms with E-state index in [0.29, 0.717) is 19.7 Å². The number of ether oxygens (including phenoxy) is 1. The number of aliphatic carboxylic acids is 1. The molecule has 30 heavy (non-hydrogen) atoms. The van der Waals surface area contributed by atoms with Crippen molar-refractivity contribution in [3.8, 4) is 28.3 Å². The lowest BCUT2D eigenvalue weighted by atomic mass is 9.97. The van der Waals surface area contributed by atoms with Crippen LogP contribution in [0.25, 0.3) is 22.6 Å². The molecule has 0 aliphatic carbocycles. The monoisotopic (exact) mass is 404 g/mol. The maximum absolute atomic E-state index is 11.0. The molecule has 0 bridgehead atoms. The van der Waals surface area contributed by atoms with Gasteiger partial charge in [0.2, 0.25) is 0 Å². The van der Waals surface area contributed by atoms with Gasteiger partial charge in [0.05, 0.1) is 11.5 Å². The van der Waals surface area contributed by atoms with Gasteiger partial charge in [-0.1, -0.05) is 48.8 Å². The van der Waals surface area contributed by atoms with Crippen LogP contribution in [0.3, 0.4) is 0 Å². The molecule has 2 aliphatic heterocycles. The maximum Gasteiger partial charge on any atom is 0.309 e. The average Bonchev–Trinajstić information content (AvgIpc) is 3.15. The number of carboxylic acid groups (broad SMARTS) is 1. The summed E-state index contributed by atoms with van der Waals surface area (Å²) in [6.45, 7) is 4.52. The average molecular weight is 404 g/mol. The summed E-state index contributed by atoms with van der Waals surface area (Å²) in [6, 6.07) is 14.6. The van der Waals surface area contributed by atoms with Crippen molar-refractivity contribution in [2.24, 2.45) is 5.92 Å². The highest BCUT2D eigenvalue weighted by Crippen LogP contribution is 2.41. The summed E-state index contributed by atoms with van der Waals surface area (Å²) >= 11 is 0. The second kappa shape index (κ2) is 7.61. The Labute approximate surface area is 175 Å². The number of aromatic nitrogens is 1. The van der Waals surface area contributed by atoms with Gasteiger partial charge < -0.3 is 14.4 Å². The zero-order valence-electron chi connectivity index (χ0n) is 16.9. The summed E-state index contributed by atoms with van der Waals surface area (Å²) in [7, 11) is 0. The van der Waals surface area contributed by atoms with Crippen molar-refractivity contribution in [2.45, 2.75) is 32.9 Å². The summed E-state index contributed by atoms with van der Waals surface area (Å²) in [5.74, 6) is 0.608. The molecule has 154 valence electrons. The zero-order chi connectivity index (χ0) is 20.7. The third kappa shape index (κ3) is 3.37. The van der Waals surface area contributed by atoms with Crippen LogP contribution in [0.1, 0.15) is 30.0 Å². The maximum atomic E-state index is 11.0. The SMILES string of the molecule is CCCc1ccc(-c2onc3c2COc2cc(CN4CC(C(=O)O)C4)ccc2-3)cc1. The lowest BCUT2D eigenvalue weighted by Gasteiger charge is -2.36. The lowest BCUT2D eigenvalue weighted by Crippen LogP contribution is -2.49. The molecular weight excluding hydrogens is 380 g/mol. The quantitative estimate of drug-likeness (QED) is 0.658. The second-order valence-corrected chi connectivity index (χ2v) is 8.13. The van der Waals surface area contributed by atoms with Crippen molar-refractivity contribution in [1.29, 1.82) is 0 Å². The number of fused-ring (bicyclic) bond motifs is 3. The Bertz CT molecular complexity index is 1080. The highest BCUT2D eigenvalue weighted by Gasteiger charge is 2.32. The normalized spacial score (nSPS) is 15.8. The van der Waals surface area contributed by atoms with Crippen molar-refractivity contribution in [3.63, 3.8) is 0 Å². The number of rotatable bonds is 6. The van der Waals surface area contributed by atoms with E-state index in [9.17, 15) is 4.79 Å². The van der Waals surface area contributed by atoms with Crippen LogP contribution in [0.15, 0.2) is 47.0 Å². The van der Waals surface area contributed by atoms with Crippen molar-refractivity contribution in [1.82, 2.24) is 10.1 Å². The van der Waals surface area contributed by atoms with E-state index in [-0.39, 0.29) is 5.92 Å². The van der Waals surface area contributed by atoms with Crippen LogP contribution < -0.4 is 4.74 Å². The Kier molecular flexibility index (Phi) is 4.79. The lowest BCUT2D eigenvalue weighted by molar-refractivity contribution is -0.147. The fourth-order valence-corrected chi connectivity index (χ4v) is 4.24. The van der Waals surface area contributed by atoms with Gasteiger partial charge in [-0.2, -0.15) is 0 Å². The predicted molar refractivity (Wildman–Crippen MR) is 112 cm³/mol. The van der Waals surface area contributed by atoms with E-state index in [0.717, 1.165) is 58.8 Å². The number of hydrogen-bond acceptors (Lipinski definition) is 5. The van der Waals surface area contributed by atoms with E-state index in [1.54, 1.807) is 0 Å². The molecule has 3 heterocycles. The first-order valence-electron chi connectivity index (χ1n) is 10.4. The fourth-order valence-electron chi connectivity index (χ4n) is 4.24. The van der Waals surface area contributed by atoms with Gasteiger partial charge in [-0.3, -0.25) is 9.69 Å². The van der Waals surface area contributed by atoms with Crippen molar-refractivity contribution >= 4 is 5.97 Å². The van der Waals surface area contributed by atoms with E-state index in [1.807, 2.05) is 12.1 Å². The van der Waals surface area contributed by atoms with Crippen molar-refractivity contribution in [3.05, 3.63) is 59.2 Å². The number of benzene rings is 2. The Morgan fingerprint density at radius 1 is 1.17 bits per heavy atom. The molecule has 6 heteroatoms. The molecular formula is C24H24N2O4. The number of carboxylic acids is 1. The van der Waals surface area contributed by atoms with Gasteiger partial charge in [-0.25, -0.2) is 0 Å². The Morgan fingerprint density at radius 3 is 2.67 bits per heavy atom. The van der Waals surface area contributed by atoms with Gasteiger partial charge in [0, 0.05) is 30.8 Å². The number of nitrogens with zero attached hydrogens (tertiary/aromatic N) is 2. The smallest absolute Gasteiger partial charge is 0.309 e. The van der Waals surface area contributed by atoms with Gasteiger partial charge >= 0.3 is 5.97 Å². The molecule has 1 fully saturated rings. The summed E-state index contributed by atoms with van der Waals surface area (Å²) in [6.07, 6.45) is 2.20. The molecule has 1 N–H and O–H groups in total. The van der Waals surface area contributed by atoms with Crippen LogP contribution >= 0.6 is 0 Å². The third-order valence-corrected chi connectivity index (χ3v) is 5.93. The van der Waals surface area contributed by atoms with Gasteiger partial charge in [-0.05, 0) is 29.7 Å². The molecule has 2 aromatic carbocycles. The number of hydrogen-bond donors (Lipinski definition) is 1. The van der Waals surface area contributed by atoms with Crippen molar-refractivity contribution < 1.29 is 19.2 Å². The molecule has 0 spiro atoms. The second-order valence-electron chi connectivity index (χ2n) is 8.13. The molecule has 0 unspecified atom stereocenters.